The van der Waals surface area contributed by atoms with Crippen molar-refractivity contribution in [1.82, 2.24) is 4.31 Å². The summed E-state index contributed by atoms with van der Waals surface area (Å²) >= 11 is 0. The number of nitrogens with zero attached hydrogens (tertiary/aromatic N) is 2. The Hall–Kier alpha value is -2.58. The van der Waals surface area contributed by atoms with E-state index < -0.39 is 10.0 Å². The molecular formula is C20H22N2O5S. The highest BCUT2D eigenvalue weighted by Gasteiger charge is 2.28. The SMILES string of the molecule is COc1ccc(N=Cc2ccc3c(c2)OCO3)c(S(=O)(=O)N2CCCCC2)c1. The second kappa shape index (κ2) is 7.81. The molecule has 0 spiro atoms. The van der Waals surface area contributed by atoms with Crippen molar-refractivity contribution in [2.24, 2.45) is 4.99 Å². The minimum atomic E-state index is -3.64. The van der Waals surface area contributed by atoms with Gasteiger partial charge >= 0.3 is 0 Å². The van der Waals surface area contributed by atoms with Crippen molar-refractivity contribution in [2.45, 2.75) is 24.2 Å². The number of hydrogen-bond acceptors (Lipinski definition) is 6. The lowest BCUT2D eigenvalue weighted by Gasteiger charge is -2.26. The van der Waals surface area contributed by atoms with Gasteiger partial charge in [-0.15, -0.1) is 0 Å². The van der Waals surface area contributed by atoms with Gasteiger partial charge in [0, 0.05) is 25.4 Å². The van der Waals surface area contributed by atoms with Gasteiger partial charge in [0.25, 0.3) is 0 Å². The first-order chi connectivity index (χ1) is 13.6. The number of piperidine rings is 1. The Morgan fingerprint density at radius 3 is 2.61 bits per heavy atom. The topological polar surface area (TPSA) is 77.4 Å². The minimum Gasteiger partial charge on any atom is -0.497 e. The Balaban J connectivity index is 1.68. The zero-order chi connectivity index (χ0) is 19.6. The van der Waals surface area contributed by atoms with E-state index in [0.717, 1.165) is 24.8 Å². The summed E-state index contributed by atoms with van der Waals surface area (Å²) in [6.45, 7) is 1.27. The molecule has 2 aromatic rings. The number of benzene rings is 2. The van der Waals surface area contributed by atoms with E-state index in [1.807, 2.05) is 18.2 Å². The lowest BCUT2D eigenvalue weighted by Crippen LogP contribution is -2.35. The molecule has 0 aliphatic carbocycles. The van der Waals surface area contributed by atoms with Crippen LogP contribution in [-0.4, -0.2) is 45.9 Å². The van der Waals surface area contributed by atoms with Crippen LogP contribution in [0.1, 0.15) is 24.8 Å². The average Bonchev–Trinajstić information content (AvgIpc) is 3.20. The first-order valence-electron chi connectivity index (χ1n) is 9.20. The number of ether oxygens (including phenoxy) is 3. The van der Waals surface area contributed by atoms with Crippen LogP contribution in [0.5, 0.6) is 17.2 Å². The first-order valence-corrected chi connectivity index (χ1v) is 10.6. The molecule has 0 radical (unpaired) electrons. The van der Waals surface area contributed by atoms with Crippen LogP contribution in [0.15, 0.2) is 46.3 Å². The molecule has 0 N–H and O–H groups in total. The molecule has 0 saturated carbocycles. The Labute approximate surface area is 164 Å². The van der Waals surface area contributed by atoms with Crippen molar-refractivity contribution in [3.63, 3.8) is 0 Å². The number of aliphatic imine (C=N–C) groups is 1. The summed E-state index contributed by atoms with van der Waals surface area (Å²) < 4.78 is 43.9. The Kier molecular flexibility index (Phi) is 5.23. The highest BCUT2D eigenvalue weighted by molar-refractivity contribution is 7.89. The van der Waals surface area contributed by atoms with Crippen molar-refractivity contribution in [1.29, 1.82) is 0 Å². The third-order valence-corrected chi connectivity index (χ3v) is 6.78. The summed E-state index contributed by atoms with van der Waals surface area (Å²) in [6, 6.07) is 10.4. The maximum Gasteiger partial charge on any atom is 0.245 e. The van der Waals surface area contributed by atoms with E-state index in [-0.39, 0.29) is 11.7 Å². The third-order valence-electron chi connectivity index (χ3n) is 4.85. The van der Waals surface area contributed by atoms with E-state index in [2.05, 4.69) is 4.99 Å². The van der Waals surface area contributed by atoms with Crippen LogP contribution in [-0.2, 0) is 10.0 Å². The number of sulfonamides is 1. The standard InChI is InChI=1S/C20H22N2O5S/c1-25-16-6-7-17(20(12-16)28(23,24)22-9-3-2-4-10-22)21-13-15-5-8-18-19(11-15)27-14-26-18/h5-8,11-13H,2-4,9-10,14H2,1H3. The number of methoxy groups -OCH3 is 1. The van der Waals surface area contributed by atoms with Gasteiger partial charge in [-0.05, 0) is 48.7 Å². The maximum absolute atomic E-state index is 13.2. The molecule has 0 atom stereocenters. The number of fused-ring (bicyclic) bond motifs is 1. The molecule has 0 aromatic heterocycles. The summed E-state index contributed by atoms with van der Waals surface area (Å²) in [7, 11) is -2.13. The fraction of sp³-hybridized carbons (Fsp3) is 0.350. The second-order valence-corrected chi connectivity index (χ2v) is 8.58. The normalized spacial score (nSPS) is 17.2. The van der Waals surface area contributed by atoms with E-state index in [9.17, 15) is 8.42 Å². The second-order valence-electron chi connectivity index (χ2n) is 6.67. The molecule has 8 heteroatoms. The molecule has 2 aromatic carbocycles. The van der Waals surface area contributed by atoms with E-state index in [4.69, 9.17) is 14.2 Å². The molecule has 2 heterocycles. The molecule has 1 saturated heterocycles. The molecule has 4 rings (SSSR count). The van der Waals surface area contributed by atoms with Gasteiger partial charge in [-0.25, -0.2) is 8.42 Å². The van der Waals surface area contributed by atoms with Crippen LogP contribution in [0.4, 0.5) is 5.69 Å². The molecule has 28 heavy (non-hydrogen) atoms. The minimum absolute atomic E-state index is 0.158. The van der Waals surface area contributed by atoms with Gasteiger partial charge in [-0.2, -0.15) is 4.31 Å². The molecule has 7 nitrogen and oxygen atoms in total. The van der Waals surface area contributed by atoms with Gasteiger partial charge in [0.05, 0.1) is 12.8 Å². The largest absolute Gasteiger partial charge is 0.497 e. The van der Waals surface area contributed by atoms with Crippen molar-refractivity contribution in [3.05, 3.63) is 42.0 Å². The van der Waals surface area contributed by atoms with Crippen LogP contribution in [0.25, 0.3) is 0 Å². The Morgan fingerprint density at radius 2 is 1.82 bits per heavy atom. The van der Waals surface area contributed by atoms with Gasteiger partial charge in [0.15, 0.2) is 11.5 Å². The molecule has 2 aliphatic rings. The van der Waals surface area contributed by atoms with E-state index in [1.54, 1.807) is 18.3 Å². The van der Waals surface area contributed by atoms with Crippen molar-refractivity contribution in [3.8, 4) is 17.2 Å². The molecular weight excluding hydrogens is 380 g/mol. The van der Waals surface area contributed by atoms with E-state index >= 15 is 0 Å². The summed E-state index contributed by atoms with van der Waals surface area (Å²) in [6.07, 6.45) is 4.43. The van der Waals surface area contributed by atoms with Crippen LogP contribution in [0.3, 0.4) is 0 Å². The van der Waals surface area contributed by atoms with Crippen LogP contribution < -0.4 is 14.2 Å². The fourth-order valence-corrected chi connectivity index (χ4v) is 4.98. The summed E-state index contributed by atoms with van der Waals surface area (Å²) in [5.74, 6) is 1.83. The Bertz CT molecular complexity index is 998. The first kappa shape index (κ1) is 18.8. The molecule has 148 valence electrons. The van der Waals surface area contributed by atoms with Crippen molar-refractivity contribution in [2.75, 3.05) is 27.0 Å². The zero-order valence-corrected chi connectivity index (χ0v) is 16.4. The Morgan fingerprint density at radius 1 is 1.04 bits per heavy atom. The van der Waals surface area contributed by atoms with Gasteiger partial charge in [-0.1, -0.05) is 6.42 Å². The molecule has 0 amide bonds. The summed E-state index contributed by atoms with van der Waals surface area (Å²) in [5, 5.41) is 0. The molecule has 2 aliphatic heterocycles. The lowest BCUT2D eigenvalue weighted by atomic mass is 10.2. The highest BCUT2D eigenvalue weighted by atomic mass is 32.2. The van der Waals surface area contributed by atoms with Gasteiger partial charge in [0.1, 0.15) is 10.6 Å². The average molecular weight is 402 g/mol. The molecule has 1 fully saturated rings. The highest BCUT2D eigenvalue weighted by Crippen LogP contribution is 2.34. The van der Waals surface area contributed by atoms with Gasteiger partial charge in [0.2, 0.25) is 16.8 Å². The lowest BCUT2D eigenvalue weighted by molar-refractivity contribution is 0.174. The van der Waals surface area contributed by atoms with Crippen molar-refractivity contribution < 1.29 is 22.6 Å². The monoisotopic (exact) mass is 402 g/mol. The molecule has 0 unspecified atom stereocenters. The van der Waals surface area contributed by atoms with Crippen molar-refractivity contribution >= 4 is 21.9 Å². The smallest absolute Gasteiger partial charge is 0.245 e. The predicted molar refractivity (Wildman–Crippen MR) is 105 cm³/mol. The third kappa shape index (κ3) is 3.70. The number of hydrogen-bond donors (Lipinski definition) is 0. The van der Waals surface area contributed by atoms with Crippen LogP contribution >= 0.6 is 0 Å². The number of rotatable bonds is 5. The zero-order valence-electron chi connectivity index (χ0n) is 15.6. The van der Waals surface area contributed by atoms with E-state index in [0.29, 0.717) is 36.0 Å². The van der Waals surface area contributed by atoms with Gasteiger partial charge < -0.3 is 14.2 Å². The summed E-state index contributed by atoms with van der Waals surface area (Å²) in [4.78, 5) is 4.61. The predicted octanol–water partition coefficient (Wildman–Crippen LogP) is 3.35. The fourth-order valence-electron chi connectivity index (χ4n) is 3.32. The maximum atomic E-state index is 13.2. The summed E-state index contributed by atoms with van der Waals surface area (Å²) in [5.41, 5.74) is 1.17. The molecule has 0 bridgehead atoms. The van der Waals surface area contributed by atoms with Crippen LogP contribution in [0, 0.1) is 0 Å². The quantitative estimate of drug-likeness (QED) is 0.717. The van der Waals surface area contributed by atoms with E-state index in [1.165, 1.54) is 17.5 Å². The van der Waals surface area contributed by atoms with Crippen LogP contribution in [0.2, 0.25) is 0 Å². The van der Waals surface area contributed by atoms with Gasteiger partial charge in [-0.3, -0.25) is 4.99 Å².